The molecule has 1 rings (SSSR count). The van der Waals surface area contributed by atoms with Crippen molar-refractivity contribution in [2.75, 3.05) is 5.75 Å². The maximum Gasteiger partial charge on any atom is 0.179 e. The van der Waals surface area contributed by atoms with Crippen molar-refractivity contribution >= 4 is 41.1 Å². The van der Waals surface area contributed by atoms with Crippen LogP contribution in [0.2, 0.25) is 30.7 Å². The first-order chi connectivity index (χ1) is 8.60. The molecule has 1 aromatic carbocycles. The van der Waals surface area contributed by atoms with E-state index in [2.05, 4.69) is 19.6 Å². The predicted octanol–water partition coefficient (Wildman–Crippen LogP) is 4.45. The summed E-state index contributed by atoms with van der Waals surface area (Å²) >= 11 is 11.9. The van der Waals surface area contributed by atoms with Crippen LogP contribution in [0.25, 0.3) is 0 Å². The molecule has 19 heavy (non-hydrogen) atoms. The van der Waals surface area contributed by atoms with Gasteiger partial charge >= 0.3 is 0 Å². The second-order valence-electron chi connectivity index (χ2n) is 5.93. The topological polar surface area (TPSA) is 34.1 Å². The molecule has 2 nitrogen and oxygen atoms in total. The molecule has 0 aliphatic heterocycles. The van der Waals surface area contributed by atoms with Gasteiger partial charge in [-0.25, -0.2) is 8.42 Å². The van der Waals surface area contributed by atoms with Crippen molar-refractivity contribution in [1.29, 1.82) is 0 Å². The summed E-state index contributed by atoms with van der Waals surface area (Å²) < 4.78 is 24.3. The molecule has 1 aromatic rings. The molecular weight excluding hydrogens is 319 g/mol. The van der Waals surface area contributed by atoms with E-state index in [1.54, 1.807) is 12.1 Å². The first-order valence-electron chi connectivity index (χ1n) is 6.22. The van der Waals surface area contributed by atoms with Crippen molar-refractivity contribution in [3.05, 3.63) is 29.3 Å². The quantitative estimate of drug-likeness (QED) is 0.567. The first-order valence-corrected chi connectivity index (χ1v) is 12.4. The molecule has 0 radical (unpaired) electrons. The highest BCUT2D eigenvalue weighted by molar-refractivity contribution is 7.91. The molecule has 6 heteroatoms. The Kier molecular flexibility index (Phi) is 5.92. The monoisotopic (exact) mass is 338 g/mol. The standard InChI is InChI=1S/C13H20Cl2O2SSi/c1-19(2,3)9-8-12(15)10-18(16,17)13-6-4-11(14)5-7-13/h4-7,12H,8-10H2,1-3H3. The van der Waals surface area contributed by atoms with Crippen LogP contribution < -0.4 is 0 Å². The fraction of sp³-hybridized carbons (Fsp3) is 0.538. The fourth-order valence-electron chi connectivity index (χ4n) is 1.65. The predicted molar refractivity (Wildman–Crippen MR) is 85.9 cm³/mol. The summed E-state index contributed by atoms with van der Waals surface area (Å²) in [7, 11) is -4.50. The highest BCUT2D eigenvalue weighted by Crippen LogP contribution is 2.21. The Morgan fingerprint density at radius 2 is 1.68 bits per heavy atom. The molecule has 0 saturated heterocycles. The van der Waals surface area contributed by atoms with E-state index in [0.717, 1.165) is 12.5 Å². The van der Waals surface area contributed by atoms with Crippen LogP contribution in [0.5, 0.6) is 0 Å². The second kappa shape index (κ2) is 6.61. The molecule has 108 valence electrons. The van der Waals surface area contributed by atoms with Gasteiger partial charge < -0.3 is 0 Å². The Morgan fingerprint density at radius 3 is 2.16 bits per heavy atom. The van der Waals surface area contributed by atoms with Gasteiger partial charge in [-0.15, -0.1) is 11.6 Å². The van der Waals surface area contributed by atoms with E-state index in [1.165, 1.54) is 12.1 Å². The van der Waals surface area contributed by atoms with Crippen LogP contribution in [0.4, 0.5) is 0 Å². The summed E-state index contributed by atoms with van der Waals surface area (Å²) in [5, 5.41) is 0.201. The summed E-state index contributed by atoms with van der Waals surface area (Å²) in [5.74, 6) is -0.0132. The van der Waals surface area contributed by atoms with Crippen LogP contribution in [-0.2, 0) is 9.84 Å². The highest BCUT2D eigenvalue weighted by atomic mass is 35.5. The molecule has 0 aliphatic rings. The van der Waals surface area contributed by atoms with Gasteiger partial charge in [-0.2, -0.15) is 0 Å². The normalized spacial score (nSPS) is 14.4. The van der Waals surface area contributed by atoms with E-state index in [-0.39, 0.29) is 16.0 Å². The van der Waals surface area contributed by atoms with Gasteiger partial charge in [0.05, 0.1) is 10.6 Å². The maximum absolute atomic E-state index is 12.2. The Labute approximate surface area is 127 Å². The number of rotatable bonds is 6. The van der Waals surface area contributed by atoms with E-state index in [1.807, 2.05) is 0 Å². The van der Waals surface area contributed by atoms with E-state index < -0.39 is 17.9 Å². The molecule has 0 fully saturated rings. The molecule has 0 spiro atoms. The van der Waals surface area contributed by atoms with Crippen molar-refractivity contribution in [2.45, 2.75) is 42.4 Å². The lowest BCUT2D eigenvalue weighted by Gasteiger charge is -2.18. The largest absolute Gasteiger partial charge is 0.224 e. The van der Waals surface area contributed by atoms with Crippen molar-refractivity contribution in [1.82, 2.24) is 0 Å². The molecule has 0 aromatic heterocycles. The van der Waals surface area contributed by atoms with Gasteiger partial charge in [-0.05, 0) is 30.7 Å². The van der Waals surface area contributed by atoms with E-state index >= 15 is 0 Å². The number of halogens is 2. The van der Waals surface area contributed by atoms with E-state index in [0.29, 0.717) is 5.02 Å². The third-order valence-corrected chi connectivity index (χ3v) is 7.21. The summed E-state index contributed by atoms with van der Waals surface area (Å²) in [5.41, 5.74) is 0. The molecule has 0 amide bonds. The van der Waals surface area contributed by atoms with Crippen LogP contribution in [0.15, 0.2) is 29.2 Å². The van der Waals surface area contributed by atoms with Gasteiger partial charge in [-0.3, -0.25) is 0 Å². The number of hydrogen-bond acceptors (Lipinski definition) is 2. The van der Waals surface area contributed by atoms with Crippen molar-refractivity contribution in [3.8, 4) is 0 Å². The van der Waals surface area contributed by atoms with Gasteiger partial charge in [0.1, 0.15) is 0 Å². The minimum Gasteiger partial charge on any atom is -0.224 e. The third kappa shape index (κ3) is 6.30. The average Bonchev–Trinajstić information content (AvgIpc) is 2.25. The number of hydrogen-bond donors (Lipinski definition) is 0. The highest BCUT2D eigenvalue weighted by Gasteiger charge is 2.22. The Balaban J connectivity index is 2.67. The summed E-state index contributed by atoms with van der Waals surface area (Å²) in [4.78, 5) is 0.288. The average molecular weight is 339 g/mol. The number of sulfone groups is 1. The van der Waals surface area contributed by atoms with Crippen LogP contribution in [0.3, 0.4) is 0 Å². The SMILES string of the molecule is C[Si](C)(C)CCC(Cl)CS(=O)(=O)c1ccc(Cl)cc1. The molecule has 1 unspecified atom stereocenters. The molecular formula is C13H20Cl2O2SSi. The zero-order chi connectivity index (χ0) is 14.7. The van der Waals surface area contributed by atoms with Crippen LogP contribution in [0, 0.1) is 0 Å². The van der Waals surface area contributed by atoms with E-state index in [4.69, 9.17) is 23.2 Å². The molecule has 0 heterocycles. The minimum atomic E-state index is -3.32. The number of alkyl halides is 1. The van der Waals surface area contributed by atoms with Crippen LogP contribution in [0.1, 0.15) is 6.42 Å². The van der Waals surface area contributed by atoms with Crippen molar-refractivity contribution in [3.63, 3.8) is 0 Å². The lowest BCUT2D eigenvalue weighted by atomic mass is 10.4. The van der Waals surface area contributed by atoms with Crippen molar-refractivity contribution in [2.24, 2.45) is 0 Å². The smallest absolute Gasteiger partial charge is 0.179 e. The summed E-state index contributed by atoms with van der Waals surface area (Å²) in [6.45, 7) is 6.76. The molecule has 1 atom stereocenters. The van der Waals surface area contributed by atoms with Crippen LogP contribution >= 0.6 is 23.2 Å². The van der Waals surface area contributed by atoms with Crippen molar-refractivity contribution < 1.29 is 8.42 Å². The lowest BCUT2D eigenvalue weighted by Crippen LogP contribution is -2.23. The zero-order valence-electron chi connectivity index (χ0n) is 11.5. The maximum atomic E-state index is 12.2. The molecule has 0 saturated carbocycles. The van der Waals surface area contributed by atoms with Gasteiger partial charge in [0.25, 0.3) is 0 Å². The van der Waals surface area contributed by atoms with E-state index in [9.17, 15) is 8.42 Å². The third-order valence-electron chi connectivity index (χ3n) is 2.78. The fourth-order valence-corrected chi connectivity index (χ4v) is 5.17. The van der Waals surface area contributed by atoms with Gasteiger partial charge in [0.2, 0.25) is 0 Å². The Bertz CT molecular complexity index is 506. The summed E-state index contributed by atoms with van der Waals surface area (Å²) in [6.07, 6.45) is 0.754. The lowest BCUT2D eigenvalue weighted by molar-refractivity contribution is 0.593. The number of benzene rings is 1. The van der Waals surface area contributed by atoms with Crippen LogP contribution in [-0.4, -0.2) is 27.6 Å². The Hall–Kier alpha value is -0.0331. The van der Waals surface area contributed by atoms with Gasteiger partial charge in [0, 0.05) is 18.5 Å². The Morgan fingerprint density at radius 1 is 1.16 bits per heavy atom. The molecule has 0 bridgehead atoms. The minimum absolute atomic E-state index is 0.0132. The van der Waals surface area contributed by atoms with Gasteiger partial charge in [0.15, 0.2) is 9.84 Å². The second-order valence-corrected chi connectivity index (χ2v) is 14.6. The van der Waals surface area contributed by atoms with Gasteiger partial charge in [-0.1, -0.05) is 37.3 Å². The first kappa shape index (κ1) is 17.0. The summed E-state index contributed by atoms with van der Waals surface area (Å²) in [6, 6.07) is 7.26. The molecule has 0 aliphatic carbocycles. The molecule has 0 N–H and O–H groups in total. The zero-order valence-corrected chi connectivity index (χ0v) is 14.8.